The third kappa shape index (κ3) is 4.22. The van der Waals surface area contributed by atoms with Crippen molar-refractivity contribution in [2.24, 2.45) is 5.73 Å². The van der Waals surface area contributed by atoms with E-state index in [9.17, 15) is 10.1 Å². The van der Waals surface area contributed by atoms with E-state index in [2.05, 4.69) is 20.9 Å². The van der Waals surface area contributed by atoms with Crippen molar-refractivity contribution < 1.29 is 0 Å². The summed E-state index contributed by atoms with van der Waals surface area (Å²) in [6, 6.07) is 21.9. The fraction of sp³-hybridized carbons (Fsp3) is 0.214. The quantitative estimate of drug-likeness (QED) is 0.391. The van der Waals surface area contributed by atoms with Crippen LogP contribution in [0, 0.1) is 11.3 Å². The van der Waals surface area contributed by atoms with Crippen LogP contribution in [0.25, 0.3) is 27.5 Å². The van der Waals surface area contributed by atoms with E-state index in [0.29, 0.717) is 29.0 Å². The highest BCUT2D eigenvalue weighted by Crippen LogP contribution is 2.34. The van der Waals surface area contributed by atoms with Gasteiger partial charge in [-0.3, -0.25) is 18.9 Å². The van der Waals surface area contributed by atoms with E-state index < -0.39 is 0 Å². The number of nitriles is 1. The van der Waals surface area contributed by atoms with E-state index in [1.165, 1.54) is 6.33 Å². The average Bonchev–Trinajstić information content (AvgIpc) is 3.26. The summed E-state index contributed by atoms with van der Waals surface area (Å²) in [5.41, 5.74) is 8.86. The largest absolute Gasteiger partial charge is 0.355 e. The first-order valence-corrected chi connectivity index (χ1v) is 12.1. The molecule has 1 aliphatic rings. The first kappa shape index (κ1) is 24.5. The van der Waals surface area contributed by atoms with Crippen molar-refractivity contribution in [1.29, 1.82) is 5.26 Å². The number of benzene rings is 2. The van der Waals surface area contributed by atoms with Crippen LogP contribution in [0.15, 0.2) is 78.0 Å². The van der Waals surface area contributed by atoms with Gasteiger partial charge < -0.3 is 10.6 Å². The molecule has 8 nitrogen and oxygen atoms in total. The Labute approximate surface area is 220 Å². The molecule has 0 amide bonds. The van der Waals surface area contributed by atoms with Crippen LogP contribution in [0.2, 0.25) is 0 Å². The summed E-state index contributed by atoms with van der Waals surface area (Å²) in [6.07, 6.45) is 5.14. The monoisotopic (exact) mass is 511 g/mol. The molecule has 1 saturated heterocycles. The molecule has 9 heteroatoms. The Balaban J connectivity index is 0.00000280. The lowest BCUT2D eigenvalue weighted by Crippen LogP contribution is -2.43. The minimum Gasteiger partial charge on any atom is -0.355 e. The number of halogens is 1. The number of hydrogen-bond donors (Lipinski definition) is 1. The molecule has 0 aliphatic carbocycles. The van der Waals surface area contributed by atoms with Gasteiger partial charge >= 0.3 is 0 Å². The van der Waals surface area contributed by atoms with E-state index in [1.807, 2.05) is 65.2 Å². The SMILES string of the molecule is Cl.N#Cc1c(N2CCC[C@H](N)C2)n(-c2ccccc2)c2c(=O)n(Cc3nccc4ccccc34)cnc12. The second kappa shape index (κ2) is 10.1. The number of piperidine rings is 1. The second-order valence-corrected chi connectivity index (χ2v) is 9.18. The summed E-state index contributed by atoms with van der Waals surface area (Å²) in [5.74, 6) is 0.680. The number of aromatic nitrogens is 4. The summed E-state index contributed by atoms with van der Waals surface area (Å²) >= 11 is 0. The van der Waals surface area contributed by atoms with E-state index in [1.54, 1.807) is 10.8 Å². The van der Waals surface area contributed by atoms with Crippen LogP contribution in [0.5, 0.6) is 0 Å². The number of para-hydroxylation sites is 1. The molecule has 2 N–H and O–H groups in total. The molecule has 4 heterocycles. The van der Waals surface area contributed by atoms with Crippen molar-refractivity contribution in [3.8, 4) is 11.8 Å². The summed E-state index contributed by atoms with van der Waals surface area (Å²) in [5, 5.41) is 12.3. The van der Waals surface area contributed by atoms with E-state index >= 15 is 0 Å². The van der Waals surface area contributed by atoms with Gasteiger partial charge in [0, 0.05) is 36.4 Å². The average molecular weight is 512 g/mol. The maximum atomic E-state index is 14.0. The van der Waals surface area contributed by atoms with Crippen LogP contribution in [0.3, 0.4) is 0 Å². The Bertz CT molecular complexity index is 1680. The molecule has 1 atom stereocenters. The van der Waals surface area contributed by atoms with Crippen molar-refractivity contribution in [3.05, 3.63) is 94.8 Å². The maximum absolute atomic E-state index is 14.0. The van der Waals surface area contributed by atoms with E-state index in [4.69, 9.17) is 5.73 Å². The predicted molar refractivity (Wildman–Crippen MR) is 148 cm³/mol. The molecule has 2 aromatic carbocycles. The molecule has 0 radical (unpaired) electrons. The summed E-state index contributed by atoms with van der Waals surface area (Å²) in [7, 11) is 0. The van der Waals surface area contributed by atoms with Crippen LogP contribution in [-0.2, 0) is 6.54 Å². The van der Waals surface area contributed by atoms with E-state index in [0.717, 1.165) is 41.5 Å². The molecule has 0 unspecified atom stereocenters. The molecule has 37 heavy (non-hydrogen) atoms. The minimum absolute atomic E-state index is 0. The number of pyridine rings is 1. The van der Waals surface area contributed by atoms with Gasteiger partial charge in [-0.05, 0) is 36.4 Å². The highest BCUT2D eigenvalue weighted by Gasteiger charge is 2.29. The number of anilines is 1. The Hall–Kier alpha value is -4.19. The molecule has 186 valence electrons. The summed E-state index contributed by atoms with van der Waals surface area (Å²) in [4.78, 5) is 25.3. The normalized spacial score (nSPS) is 15.5. The standard InChI is InChI=1S/C28H25N7O.ClH/c29-15-23-25-26(35(21-9-2-1-3-10-21)27(23)33-14-6-8-20(30)16-33)28(36)34(18-32-25)17-24-22-11-5-4-7-19(22)12-13-31-24;/h1-5,7,9-13,18,20H,6,8,14,16-17,30H2;1H/t20-;/m0./s1. The molecule has 0 bridgehead atoms. The van der Waals surface area contributed by atoms with Gasteiger partial charge in [-0.25, -0.2) is 4.98 Å². The molecule has 0 saturated carbocycles. The van der Waals surface area contributed by atoms with Crippen molar-refractivity contribution in [2.45, 2.75) is 25.4 Å². The lowest BCUT2D eigenvalue weighted by molar-refractivity contribution is 0.501. The zero-order valence-corrected chi connectivity index (χ0v) is 20.9. The molecule has 1 fully saturated rings. The highest BCUT2D eigenvalue weighted by molar-refractivity contribution is 5.91. The van der Waals surface area contributed by atoms with Crippen LogP contribution in [0.4, 0.5) is 5.82 Å². The van der Waals surface area contributed by atoms with Gasteiger partial charge in [-0.2, -0.15) is 5.26 Å². The maximum Gasteiger partial charge on any atom is 0.278 e. The smallest absolute Gasteiger partial charge is 0.278 e. The van der Waals surface area contributed by atoms with Gasteiger partial charge in [0.15, 0.2) is 0 Å². The fourth-order valence-corrected chi connectivity index (χ4v) is 5.20. The lowest BCUT2D eigenvalue weighted by Gasteiger charge is -2.33. The zero-order chi connectivity index (χ0) is 24.6. The van der Waals surface area contributed by atoms with Crippen molar-refractivity contribution in [3.63, 3.8) is 0 Å². The first-order chi connectivity index (χ1) is 17.7. The first-order valence-electron chi connectivity index (χ1n) is 12.1. The Morgan fingerprint density at radius 2 is 1.84 bits per heavy atom. The van der Waals surface area contributed by atoms with Gasteiger partial charge in [-0.15, -0.1) is 12.4 Å². The Morgan fingerprint density at radius 1 is 1.05 bits per heavy atom. The number of nitrogens with two attached hydrogens (primary N) is 1. The fourth-order valence-electron chi connectivity index (χ4n) is 5.20. The Kier molecular flexibility index (Phi) is 6.66. The van der Waals surface area contributed by atoms with Crippen LogP contribution in [-0.4, -0.2) is 38.2 Å². The van der Waals surface area contributed by atoms with Crippen LogP contribution in [0.1, 0.15) is 24.1 Å². The Morgan fingerprint density at radius 3 is 2.62 bits per heavy atom. The van der Waals surface area contributed by atoms with Crippen LogP contribution < -0.4 is 16.2 Å². The lowest BCUT2D eigenvalue weighted by atomic mass is 10.1. The van der Waals surface area contributed by atoms with Gasteiger partial charge in [0.05, 0.1) is 18.6 Å². The molecule has 5 aromatic rings. The topological polar surface area (TPSA) is 106 Å². The van der Waals surface area contributed by atoms with Crippen molar-refractivity contribution >= 4 is 40.0 Å². The van der Waals surface area contributed by atoms with Gasteiger partial charge in [-0.1, -0.05) is 42.5 Å². The van der Waals surface area contributed by atoms with Crippen molar-refractivity contribution in [2.75, 3.05) is 18.0 Å². The molecule has 0 spiro atoms. The van der Waals surface area contributed by atoms with Crippen molar-refractivity contribution in [1.82, 2.24) is 19.1 Å². The molecule has 1 aliphatic heterocycles. The predicted octanol–water partition coefficient (Wildman–Crippen LogP) is 4.00. The van der Waals surface area contributed by atoms with Gasteiger partial charge in [0.25, 0.3) is 5.56 Å². The zero-order valence-electron chi connectivity index (χ0n) is 20.1. The third-order valence-corrected chi connectivity index (χ3v) is 6.87. The minimum atomic E-state index is -0.220. The van der Waals surface area contributed by atoms with Crippen LogP contribution >= 0.6 is 12.4 Å². The molecule has 6 rings (SSSR count). The molecule has 3 aromatic heterocycles. The number of hydrogen-bond acceptors (Lipinski definition) is 6. The highest BCUT2D eigenvalue weighted by atomic mass is 35.5. The molecular formula is C28H26ClN7O. The van der Waals surface area contributed by atoms with Gasteiger partial charge in [0.2, 0.25) is 0 Å². The number of fused-ring (bicyclic) bond motifs is 2. The summed E-state index contributed by atoms with van der Waals surface area (Å²) < 4.78 is 3.46. The molecular weight excluding hydrogens is 486 g/mol. The number of rotatable bonds is 4. The third-order valence-electron chi connectivity index (χ3n) is 6.87. The van der Waals surface area contributed by atoms with Gasteiger partial charge in [0.1, 0.15) is 28.5 Å². The second-order valence-electron chi connectivity index (χ2n) is 9.18. The number of nitrogens with zero attached hydrogens (tertiary/aromatic N) is 6. The van der Waals surface area contributed by atoms with E-state index in [-0.39, 0.29) is 30.6 Å². The summed E-state index contributed by atoms with van der Waals surface area (Å²) in [6.45, 7) is 1.65.